The van der Waals surface area contributed by atoms with E-state index in [1.165, 1.54) is 6.33 Å². The molecule has 0 bridgehead atoms. The van der Waals surface area contributed by atoms with Gasteiger partial charge >= 0.3 is 0 Å². The second-order valence-electron chi connectivity index (χ2n) is 2.51. The summed E-state index contributed by atoms with van der Waals surface area (Å²) in [4.78, 5) is 18.7. The van der Waals surface area contributed by atoms with Crippen LogP contribution in [0.15, 0.2) is 18.6 Å². The fourth-order valence-electron chi connectivity index (χ4n) is 0.835. The number of nitrogens with zero attached hydrogens (tertiary/aromatic N) is 2. The predicted octanol–water partition coefficient (Wildman–Crippen LogP) is -0.688. The number of hydrogen-bond donors (Lipinski definition) is 2. The maximum absolute atomic E-state index is 11.0. The lowest BCUT2D eigenvalue weighted by Gasteiger charge is -2.02. The van der Waals surface area contributed by atoms with Crippen molar-refractivity contribution in [3.05, 3.63) is 24.3 Å². The Kier molecular flexibility index (Phi) is 3.84. The van der Waals surface area contributed by atoms with Crippen molar-refractivity contribution < 1.29 is 4.79 Å². The number of rotatable bonds is 4. The number of hydrogen-bond acceptors (Lipinski definition) is 4. The molecule has 0 aliphatic heterocycles. The highest BCUT2D eigenvalue weighted by Crippen LogP contribution is 1.88. The van der Waals surface area contributed by atoms with E-state index >= 15 is 0 Å². The van der Waals surface area contributed by atoms with E-state index in [1.807, 2.05) is 0 Å². The van der Waals surface area contributed by atoms with E-state index in [2.05, 4.69) is 20.6 Å². The van der Waals surface area contributed by atoms with E-state index in [1.54, 1.807) is 19.3 Å². The van der Waals surface area contributed by atoms with Crippen LogP contribution >= 0.6 is 0 Å². The molecule has 0 fully saturated rings. The van der Waals surface area contributed by atoms with Crippen LogP contribution in [0, 0.1) is 0 Å². The topological polar surface area (TPSA) is 66.9 Å². The van der Waals surface area contributed by atoms with Gasteiger partial charge < -0.3 is 10.6 Å². The molecule has 0 spiro atoms. The van der Waals surface area contributed by atoms with Crippen molar-refractivity contribution in [3.8, 4) is 0 Å². The Bertz CT molecular complexity index is 262. The summed E-state index contributed by atoms with van der Waals surface area (Å²) in [5, 5.41) is 5.47. The molecule has 1 aromatic heterocycles. The molecule has 0 unspecified atom stereocenters. The minimum Gasteiger partial charge on any atom is -0.349 e. The van der Waals surface area contributed by atoms with E-state index in [-0.39, 0.29) is 5.91 Å². The molecule has 0 atom stereocenters. The highest BCUT2D eigenvalue weighted by molar-refractivity contribution is 5.77. The molecule has 13 heavy (non-hydrogen) atoms. The van der Waals surface area contributed by atoms with Crippen molar-refractivity contribution >= 4 is 5.91 Å². The maximum atomic E-state index is 11.0. The van der Waals surface area contributed by atoms with Crippen molar-refractivity contribution in [2.24, 2.45) is 0 Å². The van der Waals surface area contributed by atoms with Gasteiger partial charge in [0.1, 0.15) is 6.33 Å². The van der Waals surface area contributed by atoms with Crippen molar-refractivity contribution in [2.75, 3.05) is 13.6 Å². The fraction of sp³-hybridized carbons (Fsp3) is 0.375. The summed E-state index contributed by atoms with van der Waals surface area (Å²) < 4.78 is 0. The first kappa shape index (κ1) is 9.60. The van der Waals surface area contributed by atoms with Gasteiger partial charge in [-0.2, -0.15) is 0 Å². The lowest BCUT2D eigenvalue weighted by molar-refractivity contribution is -0.120. The Hall–Kier alpha value is -1.49. The van der Waals surface area contributed by atoms with Gasteiger partial charge in [-0.3, -0.25) is 4.79 Å². The van der Waals surface area contributed by atoms with Crippen molar-refractivity contribution in [3.63, 3.8) is 0 Å². The molecule has 1 amide bonds. The highest BCUT2D eigenvalue weighted by atomic mass is 16.1. The lowest BCUT2D eigenvalue weighted by Crippen LogP contribution is -2.31. The van der Waals surface area contributed by atoms with Crippen molar-refractivity contribution in [2.45, 2.75) is 6.54 Å². The summed E-state index contributed by atoms with van der Waals surface area (Å²) in [5.41, 5.74) is 0.805. The van der Waals surface area contributed by atoms with Crippen molar-refractivity contribution in [1.82, 2.24) is 20.6 Å². The van der Waals surface area contributed by atoms with Gasteiger partial charge in [0.05, 0.1) is 18.8 Å². The van der Waals surface area contributed by atoms with E-state index < -0.39 is 0 Å². The van der Waals surface area contributed by atoms with E-state index in [4.69, 9.17) is 0 Å². The van der Waals surface area contributed by atoms with Crippen LogP contribution in [0.25, 0.3) is 0 Å². The molecule has 5 heteroatoms. The standard InChI is InChI=1S/C8H12N4O/c1-9-5-8(13)11-4-7-2-3-10-6-12-7/h2-3,6,9H,4-5H2,1H3,(H,11,13). The highest BCUT2D eigenvalue weighted by Gasteiger charge is 1.98. The summed E-state index contributed by atoms with van der Waals surface area (Å²) >= 11 is 0. The molecular formula is C8H12N4O. The number of carbonyl (C=O) groups is 1. The first-order chi connectivity index (χ1) is 6.33. The van der Waals surface area contributed by atoms with Gasteiger partial charge in [0.2, 0.25) is 5.91 Å². The largest absolute Gasteiger partial charge is 0.349 e. The summed E-state index contributed by atoms with van der Waals surface area (Å²) in [6.07, 6.45) is 3.10. The smallest absolute Gasteiger partial charge is 0.234 e. The van der Waals surface area contributed by atoms with Crippen LogP contribution < -0.4 is 10.6 Å². The number of amides is 1. The second-order valence-corrected chi connectivity index (χ2v) is 2.51. The Morgan fingerprint density at radius 3 is 3.08 bits per heavy atom. The van der Waals surface area contributed by atoms with Crippen LogP contribution in [0.5, 0.6) is 0 Å². The zero-order chi connectivity index (χ0) is 9.52. The Morgan fingerprint density at radius 2 is 2.46 bits per heavy atom. The lowest BCUT2D eigenvalue weighted by atomic mass is 10.4. The van der Waals surface area contributed by atoms with Crippen LogP contribution in [-0.4, -0.2) is 29.5 Å². The average molecular weight is 180 g/mol. The van der Waals surface area contributed by atoms with Gasteiger partial charge in [-0.1, -0.05) is 0 Å². The number of likely N-dealkylation sites (N-methyl/N-ethyl adjacent to an activating group) is 1. The molecule has 0 saturated heterocycles. The van der Waals surface area contributed by atoms with Crippen LogP contribution in [0.3, 0.4) is 0 Å². The zero-order valence-corrected chi connectivity index (χ0v) is 7.45. The average Bonchev–Trinajstić information content (AvgIpc) is 2.17. The quantitative estimate of drug-likeness (QED) is 0.643. The van der Waals surface area contributed by atoms with Gasteiger partial charge in [0, 0.05) is 6.20 Å². The second kappa shape index (κ2) is 5.21. The van der Waals surface area contributed by atoms with Gasteiger partial charge in [0.15, 0.2) is 0 Å². The summed E-state index contributed by atoms with van der Waals surface area (Å²) in [6, 6.07) is 1.76. The molecule has 0 aliphatic rings. The molecule has 0 aliphatic carbocycles. The van der Waals surface area contributed by atoms with E-state index in [0.29, 0.717) is 13.1 Å². The zero-order valence-electron chi connectivity index (χ0n) is 7.45. The summed E-state index contributed by atoms with van der Waals surface area (Å²) in [7, 11) is 1.73. The van der Waals surface area contributed by atoms with Gasteiger partial charge in [-0.15, -0.1) is 0 Å². The number of aromatic nitrogens is 2. The molecule has 1 rings (SSSR count). The monoisotopic (exact) mass is 180 g/mol. The van der Waals surface area contributed by atoms with E-state index in [9.17, 15) is 4.79 Å². The molecule has 0 radical (unpaired) electrons. The molecule has 0 saturated carbocycles. The first-order valence-electron chi connectivity index (χ1n) is 3.99. The van der Waals surface area contributed by atoms with E-state index in [0.717, 1.165) is 5.69 Å². The van der Waals surface area contributed by atoms with Crippen LogP contribution in [0.4, 0.5) is 0 Å². The molecule has 1 heterocycles. The first-order valence-corrected chi connectivity index (χ1v) is 3.99. The molecule has 70 valence electrons. The van der Waals surface area contributed by atoms with Crippen LogP contribution in [0.2, 0.25) is 0 Å². The SMILES string of the molecule is CNCC(=O)NCc1ccncn1. The molecule has 5 nitrogen and oxygen atoms in total. The van der Waals surface area contributed by atoms with Crippen molar-refractivity contribution in [1.29, 1.82) is 0 Å². The minimum atomic E-state index is -0.0406. The number of nitrogens with one attached hydrogen (secondary N) is 2. The minimum absolute atomic E-state index is 0.0406. The Balaban J connectivity index is 2.31. The van der Waals surface area contributed by atoms with Crippen LogP contribution in [-0.2, 0) is 11.3 Å². The fourth-order valence-corrected chi connectivity index (χ4v) is 0.835. The predicted molar refractivity (Wildman–Crippen MR) is 47.8 cm³/mol. The molecule has 2 N–H and O–H groups in total. The third kappa shape index (κ3) is 3.62. The van der Waals surface area contributed by atoms with Gasteiger partial charge in [-0.05, 0) is 13.1 Å². The Morgan fingerprint density at radius 1 is 1.62 bits per heavy atom. The molecule has 0 aromatic carbocycles. The summed E-state index contributed by atoms with van der Waals surface area (Å²) in [5.74, 6) is -0.0406. The van der Waals surface area contributed by atoms with Gasteiger partial charge in [0.25, 0.3) is 0 Å². The third-order valence-corrected chi connectivity index (χ3v) is 1.45. The normalized spacial score (nSPS) is 9.62. The van der Waals surface area contributed by atoms with Crippen LogP contribution in [0.1, 0.15) is 5.69 Å². The number of carbonyl (C=O) groups excluding carboxylic acids is 1. The Labute approximate surface area is 76.6 Å². The molecular weight excluding hydrogens is 168 g/mol. The van der Waals surface area contributed by atoms with Gasteiger partial charge in [-0.25, -0.2) is 9.97 Å². The summed E-state index contributed by atoms with van der Waals surface area (Å²) in [6.45, 7) is 0.772. The third-order valence-electron chi connectivity index (χ3n) is 1.45. The maximum Gasteiger partial charge on any atom is 0.234 e. The molecule has 1 aromatic rings.